The quantitative estimate of drug-likeness (QED) is 0.699. The summed E-state index contributed by atoms with van der Waals surface area (Å²) in [5.74, 6) is 0.200. The van der Waals surface area contributed by atoms with Gasteiger partial charge in [-0.05, 0) is 34.7 Å². The molecule has 142 valence electrons. The molecule has 3 aromatic rings. The van der Waals surface area contributed by atoms with Crippen molar-refractivity contribution in [1.29, 1.82) is 5.26 Å². The minimum atomic E-state index is -0.552. The molecule has 0 spiro atoms. The molecule has 28 heavy (non-hydrogen) atoms. The zero-order valence-electron chi connectivity index (χ0n) is 15.8. The van der Waals surface area contributed by atoms with Crippen LogP contribution in [0.3, 0.4) is 0 Å². The van der Waals surface area contributed by atoms with Crippen LogP contribution in [0.4, 0.5) is 10.2 Å². The molecular weight excluding hydrogens is 355 g/mol. The molecule has 1 aromatic heterocycles. The molecule has 0 aliphatic carbocycles. The minimum absolute atomic E-state index is 0.0126. The molecule has 0 radical (unpaired) electrons. The molecule has 0 saturated carbocycles. The Morgan fingerprint density at radius 3 is 2.54 bits per heavy atom. The van der Waals surface area contributed by atoms with Crippen LogP contribution in [0.5, 0.6) is 0 Å². The van der Waals surface area contributed by atoms with Gasteiger partial charge in [0, 0.05) is 12.3 Å². The zero-order valence-corrected chi connectivity index (χ0v) is 15.8. The molecule has 1 N–H and O–H groups in total. The fourth-order valence-electron chi connectivity index (χ4n) is 2.84. The van der Waals surface area contributed by atoms with Crippen LogP contribution in [-0.4, -0.2) is 15.7 Å². The van der Waals surface area contributed by atoms with Crippen LogP contribution < -0.4 is 5.32 Å². The maximum Gasteiger partial charge on any atom is 0.229 e. The Balaban J connectivity index is 1.58. The lowest BCUT2D eigenvalue weighted by Crippen LogP contribution is -2.15. The Morgan fingerprint density at radius 1 is 1.18 bits per heavy atom. The predicted octanol–water partition coefficient (Wildman–Crippen LogP) is 4.25. The monoisotopic (exact) mass is 376 g/mol. The SMILES string of the molecule is CC(C)c1ccc(CC(=O)Nc2ccn(Cc3ccc(C#N)c(F)c3)n2)cc1. The molecule has 0 saturated heterocycles. The highest BCUT2D eigenvalue weighted by atomic mass is 19.1. The second-order valence-electron chi connectivity index (χ2n) is 6.95. The van der Waals surface area contributed by atoms with Gasteiger partial charge in [-0.3, -0.25) is 9.48 Å². The molecular formula is C22H21FN4O. The van der Waals surface area contributed by atoms with Gasteiger partial charge in [-0.25, -0.2) is 4.39 Å². The summed E-state index contributed by atoms with van der Waals surface area (Å²) in [7, 11) is 0. The smallest absolute Gasteiger partial charge is 0.229 e. The van der Waals surface area contributed by atoms with Gasteiger partial charge in [0.15, 0.2) is 5.82 Å². The number of anilines is 1. The summed E-state index contributed by atoms with van der Waals surface area (Å²) in [6.45, 7) is 4.60. The second-order valence-corrected chi connectivity index (χ2v) is 6.95. The number of carbonyl (C=O) groups excluding carboxylic acids is 1. The van der Waals surface area contributed by atoms with Crippen molar-refractivity contribution >= 4 is 11.7 Å². The average molecular weight is 376 g/mol. The van der Waals surface area contributed by atoms with Crippen LogP contribution in [0, 0.1) is 17.1 Å². The average Bonchev–Trinajstić information content (AvgIpc) is 3.09. The van der Waals surface area contributed by atoms with Crippen molar-refractivity contribution in [3.63, 3.8) is 0 Å². The molecule has 0 unspecified atom stereocenters. The van der Waals surface area contributed by atoms with Crippen molar-refractivity contribution < 1.29 is 9.18 Å². The van der Waals surface area contributed by atoms with Crippen molar-refractivity contribution in [3.05, 3.63) is 82.8 Å². The van der Waals surface area contributed by atoms with E-state index in [1.165, 1.54) is 17.7 Å². The third-order valence-electron chi connectivity index (χ3n) is 4.42. The summed E-state index contributed by atoms with van der Waals surface area (Å²) in [5.41, 5.74) is 2.87. The van der Waals surface area contributed by atoms with Gasteiger partial charge in [-0.2, -0.15) is 10.4 Å². The first kappa shape index (κ1) is 19.3. The number of carbonyl (C=O) groups is 1. The van der Waals surface area contributed by atoms with Gasteiger partial charge >= 0.3 is 0 Å². The maximum atomic E-state index is 13.7. The first-order valence-corrected chi connectivity index (χ1v) is 9.05. The largest absolute Gasteiger partial charge is 0.309 e. The third kappa shape index (κ3) is 4.83. The van der Waals surface area contributed by atoms with E-state index < -0.39 is 5.82 Å². The minimum Gasteiger partial charge on any atom is -0.309 e. The Hall–Kier alpha value is -3.46. The molecule has 5 nitrogen and oxygen atoms in total. The lowest BCUT2D eigenvalue weighted by atomic mass is 10.0. The molecule has 0 atom stereocenters. The summed E-state index contributed by atoms with van der Waals surface area (Å²) < 4.78 is 15.3. The molecule has 0 aliphatic rings. The highest BCUT2D eigenvalue weighted by Crippen LogP contribution is 2.15. The summed E-state index contributed by atoms with van der Waals surface area (Å²) in [4.78, 5) is 12.2. The lowest BCUT2D eigenvalue weighted by Gasteiger charge is -2.07. The van der Waals surface area contributed by atoms with E-state index in [0.717, 1.165) is 5.56 Å². The van der Waals surface area contributed by atoms with Crippen LogP contribution in [0.1, 0.15) is 42.0 Å². The number of halogens is 1. The first-order chi connectivity index (χ1) is 13.4. The van der Waals surface area contributed by atoms with Gasteiger partial charge in [0.1, 0.15) is 11.9 Å². The predicted molar refractivity (Wildman–Crippen MR) is 105 cm³/mol. The standard InChI is InChI=1S/C22H21FN4O/c1-15(2)18-6-3-16(4-7-18)12-22(28)25-21-9-10-27(26-21)14-17-5-8-19(13-24)20(23)11-17/h3-11,15H,12,14H2,1-2H3,(H,25,26,28). The Morgan fingerprint density at radius 2 is 1.89 bits per heavy atom. The Bertz CT molecular complexity index is 1020. The Kier molecular flexibility index (Phi) is 5.85. The van der Waals surface area contributed by atoms with E-state index in [1.807, 2.05) is 24.3 Å². The summed E-state index contributed by atoms with van der Waals surface area (Å²) in [6, 6.07) is 15.9. The van der Waals surface area contributed by atoms with E-state index >= 15 is 0 Å². The van der Waals surface area contributed by atoms with E-state index in [2.05, 4.69) is 24.3 Å². The van der Waals surface area contributed by atoms with Gasteiger partial charge < -0.3 is 5.32 Å². The molecule has 3 rings (SSSR count). The number of nitriles is 1. The van der Waals surface area contributed by atoms with E-state index in [9.17, 15) is 9.18 Å². The normalized spacial score (nSPS) is 10.7. The summed E-state index contributed by atoms with van der Waals surface area (Å²) in [6.07, 6.45) is 1.98. The molecule has 0 fully saturated rings. The molecule has 0 bridgehead atoms. The number of hydrogen-bond donors (Lipinski definition) is 1. The maximum absolute atomic E-state index is 13.7. The van der Waals surface area contributed by atoms with E-state index in [0.29, 0.717) is 23.8 Å². The van der Waals surface area contributed by atoms with Crippen LogP contribution in [0.15, 0.2) is 54.7 Å². The number of rotatable bonds is 6. The van der Waals surface area contributed by atoms with E-state index in [4.69, 9.17) is 5.26 Å². The Labute approximate surface area is 163 Å². The highest BCUT2D eigenvalue weighted by Gasteiger charge is 2.08. The number of aromatic nitrogens is 2. The number of benzene rings is 2. The zero-order chi connectivity index (χ0) is 20.1. The van der Waals surface area contributed by atoms with Crippen LogP contribution in [0.25, 0.3) is 0 Å². The van der Waals surface area contributed by atoms with Crippen molar-refractivity contribution in [2.75, 3.05) is 5.32 Å². The summed E-state index contributed by atoms with van der Waals surface area (Å²) in [5, 5.41) is 15.9. The number of amides is 1. The van der Waals surface area contributed by atoms with E-state index in [-0.39, 0.29) is 17.9 Å². The van der Waals surface area contributed by atoms with Crippen molar-refractivity contribution in [1.82, 2.24) is 9.78 Å². The lowest BCUT2D eigenvalue weighted by molar-refractivity contribution is -0.115. The van der Waals surface area contributed by atoms with E-state index in [1.54, 1.807) is 29.1 Å². The van der Waals surface area contributed by atoms with Crippen LogP contribution in [-0.2, 0) is 17.8 Å². The fourth-order valence-corrected chi connectivity index (χ4v) is 2.84. The van der Waals surface area contributed by atoms with Crippen molar-refractivity contribution in [2.45, 2.75) is 32.7 Å². The fraction of sp³-hybridized carbons (Fsp3) is 0.227. The van der Waals surface area contributed by atoms with Gasteiger partial charge in [-0.1, -0.05) is 44.2 Å². The van der Waals surface area contributed by atoms with Crippen LogP contribution in [0.2, 0.25) is 0 Å². The third-order valence-corrected chi connectivity index (χ3v) is 4.42. The van der Waals surface area contributed by atoms with Gasteiger partial charge in [0.2, 0.25) is 5.91 Å². The topological polar surface area (TPSA) is 70.7 Å². The molecule has 2 aromatic carbocycles. The molecule has 1 heterocycles. The number of nitrogens with zero attached hydrogens (tertiary/aromatic N) is 3. The van der Waals surface area contributed by atoms with Crippen molar-refractivity contribution in [2.24, 2.45) is 0 Å². The van der Waals surface area contributed by atoms with Gasteiger partial charge in [0.25, 0.3) is 0 Å². The van der Waals surface area contributed by atoms with Gasteiger partial charge in [-0.15, -0.1) is 0 Å². The second kappa shape index (κ2) is 8.49. The number of hydrogen-bond acceptors (Lipinski definition) is 3. The summed E-state index contributed by atoms with van der Waals surface area (Å²) >= 11 is 0. The van der Waals surface area contributed by atoms with Gasteiger partial charge in [0.05, 0.1) is 18.5 Å². The van der Waals surface area contributed by atoms with Crippen LogP contribution >= 0.6 is 0 Å². The highest BCUT2D eigenvalue weighted by molar-refractivity contribution is 5.91. The first-order valence-electron chi connectivity index (χ1n) is 9.05. The molecule has 1 amide bonds. The van der Waals surface area contributed by atoms with Crippen molar-refractivity contribution in [3.8, 4) is 6.07 Å². The molecule has 0 aliphatic heterocycles. The molecule has 6 heteroatoms. The number of nitrogens with one attached hydrogen (secondary N) is 1.